The molecule has 0 aromatic heterocycles. The van der Waals surface area contributed by atoms with Gasteiger partial charge in [-0.2, -0.15) is 0 Å². The van der Waals surface area contributed by atoms with Crippen molar-refractivity contribution in [2.75, 3.05) is 33.9 Å². The van der Waals surface area contributed by atoms with Crippen molar-refractivity contribution < 1.29 is 8.85 Å². The summed E-state index contributed by atoms with van der Waals surface area (Å²) in [5, 5.41) is 3.64. The number of hydrogen-bond acceptors (Lipinski definition) is 4. The summed E-state index contributed by atoms with van der Waals surface area (Å²) >= 11 is 0. The van der Waals surface area contributed by atoms with Crippen LogP contribution in [0.3, 0.4) is 0 Å². The SMILES string of the molecule is CCCC(CCC)(CCC)[Si](CCCNCCN)(OC)OC. The molecule has 0 unspecified atom stereocenters. The van der Waals surface area contributed by atoms with Gasteiger partial charge < -0.3 is 19.9 Å². The van der Waals surface area contributed by atoms with Crippen molar-refractivity contribution in [1.82, 2.24) is 5.32 Å². The quantitative estimate of drug-likeness (QED) is 0.354. The van der Waals surface area contributed by atoms with E-state index in [0.717, 1.165) is 25.6 Å². The summed E-state index contributed by atoms with van der Waals surface area (Å²) in [6, 6.07) is 1.07. The van der Waals surface area contributed by atoms with E-state index in [-0.39, 0.29) is 5.04 Å². The molecular weight excluding hydrogens is 292 g/mol. The molecule has 4 nitrogen and oxygen atoms in total. The van der Waals surface area contributed by atoms with Crippen molar-refractivity contribution in [3.63, 3.8) is 0 Å². The largest absolute Gasteiger partial charge is 0.397 e. The topological polar surface area (TPSA) is 56.5 Å². The fourth-order valence-corrected chi connectivity index (χ4v) is 8.55. The minimum absolute atomic E-state index is 0.253. The molecule has 134 valence electrons. The lowest BCUT2D eigenvalue weighted by molar-refractivity contribution is 0.181. The van der Waals surface area contributed by atoms with E-state index in [1.807, 2.05) is 14.2 Å². The van der Waals surface area contributed by atoms with Crippen LogP contribution in [0.4, 0.5) is 0 Å². The first-order valence-electron chi connectivity index (χ1n) is 9.13. The summed E-state index contributed by atoms with van der Waals surface area (Å²) in [5.41, 5.74) is 5.53. The summed E-state index contributed by atoms with van der Waals surface area (Å²) in [4.78, 5) is 0. The van der Waals surface area contributed by atoms with Crippen molar-refractivity contribution in [1.29, 1.82) is 0 Å². The molecule has 0 aliphatic heterocycles. The zero-order valence-electron chi connectivity index (χ0n) is 15.7. The molecule has 3 N–H and O–H groups in total. The Labute approximate surface area is 139 Å². The van der Waals surface area contributed by atoms with E-state index >= 15 is 0 Å². The van der Waals surface area contributed by atoms with Gasteiger partial charge in [0.1, 0.15) is 0 Å². The zero-order valence-corrected chi connectivity index (χ0v) is 16.7. The maximum Gasteiger partial charge on any atom is 0.344 e. The van der Waals surface area contributed by atoms with E-state index in [1.54, 1.807) is 0 Å². The van der Waals surface area contributed by atoms with Crippen molar-refractivity contribution in [2.24, 2.45) is 5.73 Å². The van der Waals surface area contributed by atoms with Gasteiger partial charge in [0.05, 0.1) is 0 Å². The molecule has 0 saturated carbocycles. The number of rotatable bonds is 15. The molecule has 0 aliphatic carbocycles. The van der Waals surface area contributed by atoms with Crippen molar-refractivity contribution in [2.45, 2.75) is 76.8 Å². The number of nitrogens with two attached hydrogens (primary N) is 1. The lowest BCUT2D eigenvalue weighted by atomic mass is 9.92. The first-order chi connectivity index (χ1) is 10.6. The van der Waals surface area contributed by atoms with Crippen LogP contribution in [0.25, 0.3) is 0 Å². The Morgan fingerprint density at radius 1 is 0.909 bits per heavy atom. The molecule has 0 atom stereocenters. The molecule has 0 bridgehead atoms. The van der Waals surface area contributed by atoms with Gasteiger partial charge in [0.15, 0.2) is 0 Å². The van der Waals surface area contributed by atoms with Gasteiger partial charge in [0.25, 0.3) is 0 Å². The van der Waals surface area contributed by atoms with Crippen LogP contribution in [0, 0.1) is 0 Å². The molecule has 5 heteroatoms. The molecule has 0 saturated heterocycles. The lowest BCUT2D eigenvalue weighted by Gasteiger charge is -2.46. The van der Waals surface area contributed by atoms with Gasteiger partial charge in [-0.15, -0.1) is 0 Å². The van der Waals surface area contributed by atoms with E-state index in [1.165, 1.54) is 38.5 Å². The van der Waals surface area contributed by atoms with Crippen molar-refractivity contribution in [3.05, 3.63) is 0 Å². The van der Waals surface area contributed by atoms with Crippen molar-refractivity contribution >= 4 is 8.56 Å². The van der Waals surface area contributed by atoms with Crippen LogP contribution in [0.15, 0.2) is 0 Å². The maximum atomic E-state index is 6.18. The van der Waals surface area contributed by atoms with Crippen LogP contribution in [-0.2, 0) is 8.85 Å². The molecule has 0 fully saturated rings. The molecule has 22 heavy (non-hydrogen) atoms. The standard InChI is InChI=1S/C17H40N2O2Si/c1-6-10-17(11-7-2,12-8-3)22(20-4,21-5)16-9-14-19-15-13-18/h19H,6-16,18H2,1-5H3. The molecule has 0 heterocycles. The minimum atomic E-state index is -2.22. The number of hydrogen-bond donors (Lipinski definition) is 2. The van der Waals surface area contributed by atoms with Gasteiger partial charge in [0, 0.05) is 32.3 Å². The van der Waals surface area contributed by atoms with Crippen LogP contribution in [0.1, 0.15) is 65.7 Å². The van der Waals surface area contributed by atoms with Gasteiger partial charge in [-0.3, -0.25) is 0 Å². The molecule has 0 amide bonds. The number of nitrogens with one attached hydrogen (secondary N) is 1. The van der Waals surface area contributed by atoms with E-state index in [4.69, 9.17) is 14.6 Å². The Kier molecular flexibility index (Phi) is 12.5. The maximum absolute atomic E-state index is 6.18. The monoisotopic (exact) mass is 332 g/mol. The Morgan fingerprint density at radius 2 is 1.41 bits per heavy atom. The molecule has 0 aliphatic rings. The second kappa shape index (κ2) is 12.5. The predicted octanol–water partition coefficient (Wildman–Crippen LogP) is 3.80. The highest BCUT2D eigenvalue weighted by atomic mass is 28.4. The Morgan fingerprint density at radius 3 is 1.77 bits per heavy atom. The average Bonchev–Trinajstić information content (AvgIpc) is 2.52. The second-order valence-electron chi connectivity index (χ2n) is 6.33. The molecule has 0 aromatic rings. The van der Waals surface area contributed by atoms with Crippen LogP contribution in [0.5, 0.6) is 0 Å². The van der Waals surface area contributed by atoms with Crippen molar-refractivity contribution in [3.8, 4) is 0 Å². The van der Waals surface area contributed by atoms with E-state index < -0.39 is 8.56 Å². The van der Waals surface area contributed by atoms with Gasteiger partial charge in [-0.1, -0.05) is 40.0 Å². The van der Waals surface area contributed by atoms with Gasteiger partial charge in [0.2, 0.25) is 0 Å². The third-order valence-electron chi connectivity index (χ3n) is 4.83. The zero-order chi connectivity index (χ0) is 16.9. The fraction of sp³-hybridized carbons (Fsp3) is 1.00. The smallest absolute Gasteiger partial charge is 0.344 e. The summed E-state index contributed by atoms with van der Waals surface area (Å²) in [7, 11) is 1.53. The van der Waals surface area contributed by atoms with E-state index in [0.29, 0.717) is 6.54 Å². The summed E-state index contributed by atoms with van der Waals surface area (Å²) < 4.78 is 12.4. The second-order valence-corrected chi connectivity index (χ2v) is 10.2. The summed E-state index contributed by atoms with van der Waals surface area (Å²) in [5.74, 6) is 0. The molecule has 0 aromatic carbocycles. The predicted molar refractivity (Wildman–Crippen MR) is 98.5 cm³/mol. The third-order valence-corrected chi connectivity index (χ3v) is 9.53. The third kappa shape index (κ3) is 5.93. The lowest BCUT2D eigenvalue weighted by Crippen LogP contribution is -2.53. The van der Waals surface area contributed by atoms with Gasteiger partial charge >= 0.3 is 8.56 Å². The minimum Gasteiger partial charge on any atom is -0.397 e. The first kappa shape index (κ1) is 22.1. The molecular formula is C17H40N2O2Si. The Hall–Kier alpha value is 0.0569. The van der Waals surface area contributed by atoms with Gasteiger partial charge in [-0.25, -0.2) is 0 Å². The highest BCUT2D eigenvalue weighted by Crippen LogP contribution is 2.53. The molecule has 0 radical (unpaired) electrons. The molecule has 0 spiro atoms. The van der Waals surface area contributed by atoms with Crippen LogP contribution in [0.2, 0.25) is 11.1 Å². The Bertz CT molecular complexity index is 244. The summed E-state index contributed by atoms with van der Waals surface area (Å²) in [6.07, 6.45) is 8.37. The Balaban J connectivity index is 5.12. The first-order valence-corrected chi connectivity index (χ1v) is 11.1. The highest BCUT2D eigenvalue weighted by molar-refractivity contribution is 6.70. The highest BCUT2D eigenvalue weighted by Gasteiger charge is 2.54. The molecule has 0 rings (SSSR count). The van der Waals surface area contributed by atoms with E-state index in [2.05, 4.69) is 26.1 Å². The van der Waals surface area contributed by atoms with Crippen LogP contribution >= 0.6 is 0 Å². The summed E-state index contributed by atoms with van der Waals surface area (Å²) in [6.45, 7) is 9.44. The van der Waals surface area contributed by atoms with Crippen LogP contribution in [-0.4, -0.2) is 42.4 Å². The fourth-order valence-electron chi connectivity index (χ4n) is 4.04. The van der Waals surface area contributed by atoms with E-state index in [9.17, 15) is 0 Å². The van der Waals surface area contributed by atoms with Gasteiger partial charge in [-0.05, 0) is 38.3 Å². The normalized spacial score (nSPS) is 12.8. The average molecular weight is 333 g/mol. The van der Waals surface area contributed by atoms with Crippen LogP contribution < -0.4 is 11.1 Å².